The summed E-state index contributed by atoms with van der Waals surface area (Å²) in [6, 6.07) is 16.7. The molecule has 0 aliphatic heterocycles. The van der Waals surface area contributed by atoms with Gasteiger partial charge in [-0.2, -0.15) is 0 Å². The first-order valence-electron chi connectivity index (χ1n) is 13.1. The van der Waals surface area contributed by atoms with Crippen molar-refractivity contribution in [2.45, 2.75) is 55.3 Å². The zero-order valence-corrected chi connectivity index (χ0v) is 22.5. The van der Waals surface area contributed by atoms with E-state index in [4.69, 9.17) is 0 Å². The van der Waals surface area contributed by atoms with E-state index in [1.54, 1.807) is 6.20 Å². The van der Waals surface area contributed by atoms with Crippen LogP contribution in [0.25, 0.3) is 10.8 Å². The van der Waals surface area contributed by atoms with Crippen LogP contribution in [0.15, 0.2) is 77.8 Å². The molecule has 0 radical (unpaired) electrons. The molecule has 6 rings (SSSR count). The van der Waals surface area contributed by atoms with E-state index in [1.165, 1.54) is 34.6 Å². The standard InChI is InChI=1S/C30H25F3N2O5S/c31-30(32,33)40-22-11-5-18(6-12-22)17-35(28-27(20-9-10-20)24-4-2-1-3-21(24)16-34-28)41(38,39)23-13-14-25(29(36)37)26(15-23)19-7-8-19/h1-6,11-16,19-20H,7-10,17H2,(H,36,37). The number of anilines is 1. The molecule has 212 valence electrons. The molecule has 3 aromatic carbocycles. The van der Waals surface area contributed by atoms with Crippen molar-refractivity contribution in [2.75, 3.05) is 4.31 Å². The molecule has 2 saturated carbocycles. The summed E-state index contributed by atoms with van der Waals surface area (Å²) < 4.78 is 71.9. The number of aromatic nitrogens is 1. The zero-order chi connectivity index (χ0) is 28.9. The fourth-order valence-corrected chi connectivity index (χ4v) is 6.60. The Morgan fingerprint density at radius 1 is 0.976 bits per heavy atom. The van der Waals surface area contributed by atoms with Crippen LogP contribution in [0, 0.1) is 0 Å². The Morgan fingerprint density at radius 3 is 2.29 bits per heavy atom. The smallest absolute Gasteiger partial charge is 0.478 e. The van der Waals surface area contributed by atoms with E-state index in [9.17, 15) is 31.5 Å². The summed E-state index contributed by atoms with van der Waals surface area (Å²) >= 11 is 0. The maximum absolute atomic E-state index is 14.4. The van der Waals surface area contributed by atoms with E-state index in [0.717, 1.165) is 54.2 Å². The molecular weight excluding hydrogens is 557 g/mol. The van der Waals surface area contributed by atoms with Crippen LogP contribution in [0.3, 0.4) is 0 Å². The molecule has 11 heteroatoms. The van der Waals surface area contributed by atoms with E-state index < -0.39 is 28.1 Å². The average molecular weight is 583 g/mol. The third kappa shape index (κ3) is 5.58. The Labute approximate surface area is 234 Å². The Kier molecular flexibility index (Phi) is 6.64. The van der Waals surface area contributed by atoms with Crippen LogP contribution in [0.2, 0.25) is 0 Å². The van der Waals surface area contributed by atoms with Gasteiger partial charge in [-0.25, -0.2) is 22.5 Å². The van der Waals surface area contributed by atoms with Gasteiger partial charge < -0.3 is 9.84 Å². The maximum Gasteiger partial charge on any atom is 0.573 e. The van der Waals surface area contributed by atoms with Crippen molar-refractivity contribution in [2.24, 2.45) is 0 Å². The minimum absolute atomic E-state index is 0.0216. The number of ether oxygens (including phenoxy) is 1. The lowest BCUT2D eigenvalue weighted by molar-refractivity contribution is -0.274. The van der Waals surface area contributed by atoms with Gasteiger partial charge in [0.25, 0.3) is 10.0 Å². The van der Waals surface area contributed by atoms with Crippen LogP contribution in [0.5, 0.6) is 5.75 Å². The molecule has 41 heavy (non-hydrogen) atoms. The van der Waals surface area contributed by atoms with E-state index >= 15 is 0 Å². The van der Waals surface area contributed by atoms with Crippen LogP contribution in [0.4, 0.5) is 19.0 Å². The van der Waals surface area contributed by atoms with Crippen LogP contribution in [-0.2, 0) is 16.6 Å². The highest BCUT2D eigenvalue weighted by atomic mass is 32.2. The second kappa shape index (κ2) is 10.1. The first kappa shape index (κ1) is 27.1. The number of sulfonamides is 1. The summed E-state index contributed by atoms with van der Waals surface area (Å²) in [6.07, 6.45) is 0.0586. The first-order chi connectivity index (χ1) is 19.5. The summed E-state index contributed by atoms with van der Waals surface area (Å²) in [5.41, 5.74) is 1.76. The van der Waals surface area contributed by atoms with Crippen LogP contribution in [-0.4, -0.2) is 30.8 Å². The van der Waals surface area contributed by atoms with Crippen LogP contribution >= 0.6 is 0 Å². The van der Waals surface area contributed by atoms with Crippen LogP contribution < -0.4 is 9.04 Å². The Morgan fingerprint density at radius 2 is 1.66 bits per heavy atom. The molecule has 2 fully saturated rings. The number of benzene rings is 3. The lowest BCUT2D eigenvalue weighted by Gasteiger charge is -2.27. The van der Waals surface area contributed by atoms with Crippen LogP contribution in [0.1, 0.15) is 64.6 Å². The highest BCUT2D eigenvalue weighted by molar-refractivity contribution is 7.92. The summed E-state index contributed by atoms with van der Waals surface area (Å²) in [5.74, 6) is -1.21. The third-order valence-corrected chi connectivity index (χ3v) is 9.11. The molecule has 2 aliphatic rings. The lowest BCUT2D eigenvalue weighted by atomic mass is 10.0. The molecule has 0 amide bonds. The Balaban J connectivity index is 1.48. The molecule has 1 aromatic heterocycles. The van der Waals surface area contributed by atoms with Crippen molar-refractivity contribution in [1.82, 2.24) is 4.98 Å². The van der Waals surface area contributed by atoms with Crippen molar-refractivity contribution >= 4 is 32.6 Å². The van der Waals surface area contributed by atoms with Gasteiger partial charge in [0.2, 0.25) is 0 Å². The molecule has 0 atom stereocenters. The second-order valence-electron chi connectivity index (χ2n) is 10.4. The number of fused-ring (bicyclic) bond motifs is 1. The number of pyridine rings is 1. The first-order valence-corrected chi connectivity index (χ1v) is 14.6. The molecule has 0 bridgehead atoms. The van der Waals surface area contributed by atoms with Gasteiger partial charge in [0.05, 0.1) is 17.0 Å². The normalized spacial score (nSPS) is 15.6. The molecule has 2 aliphatic carbocycles. The number of carbonyl (C=O) groups is 1. The van der Waals surface area contributed by atoms with Crippen molar-refractivity contribution < 1.29 is 36.2 Å². The number of nitrogens with zero attached hydrogens (tertiary/aromatic N) is 2. The van der Waals surface area contributed by atoms with Gasteiger partial charge in [0, 0.05) is 17.1 Å². The Bertz CT molecular complexity index is 1750. The van der Waals surface area contributed by atoms with Gasteiger partial charge in [-0.05, 0) is 84.4 Å². The predicted molar refractivity (Wildman–Crippen MR) is 146 cm³/mol. The monoisotopic (exact) mass is 582 g/mol. The van der Waals surface area contributed by atoms with Gasteiger partial charge in [0.15, 0.2) is 0 Å². The molecule has 0 unspecified atom stereocenters. The van der Waals surface area contributed by atoms with E-state index in [1.807, 2.05) is 24.3 Å². The maximum atomic E-state index is 14.4. The molecule has 4 aromatic rings. The van der Waals surface area contributed by atoms with Gasteiger partial charge in [-0.1, -0.05) is 36.4 Å². The van der Waals surface area contributed by atoms with Gasteiger partial charge in [-0.15, -0.1) is 13.2 Å². The summed E-state index contributed by atoms with van der Waals surface area (Å²) in [4.78, 5) is 16.4. The summed E-state index contributed by atoms with van der Waals surface area (Å²) in [5, 5.41) is 11.4. The quantitative estimate of drug-likeness (QED) is 0.229. The second-order valence-corrected chi connectivity index (χ2v) is 12.3. The van der Waals surface area contributed by atoms with Gasteiger partial charge in [-0.3, -0.25) is 0 Å². The number of hydrogen-bond donors (Lipinski definition) is 1. The molecule has 0 spiro atoms. The number of alkyl halides is 3. The molecule has 1 N–H and O–H groups in total. The minimum atomic E-state index is -4.85. The number of carboxylic acids is 1. The van der Waals surface area contributed by atoms with Crippen molar-refractivity contribution in [3.05, 3.63) is 95.2 Å². The largest absolute Gasteiger partial charge is 0.573 e. The SMILES string of the molecule is O=C(O)c1ccc(S(=O)(=O)N(Cc2ccc(OC(F)(F)F)cc2)c2ncc3ccccc3c2C2CC2)cc1C1CC1. The Hall–Kier alpha value is -4.12. The van der Waals surface area contributed by atoms with E-state index in [2.05, 4.69) is 9.72 Å². The third-order valence-electron chi connectivity index (χ3n) is 7.38. The summed E-state index contributed by atoms with van der Waals surface area (Å²) in [7, 11) is -4.29. The summed E-state index contributed by atoms with van der Waals surface area (Å²) in [6.45, 7) is -0.209. The van der Waals surface area contributed by atoms with Crippen molar-refractivity contribution in [1.29, 1.82) is 0 Å². The zero-order valence-electron chi connectivity index (χ0n) is 21.6. The molecule has 7 nitrogen and oxygen atoms in total. The highest BCUT2D eigenvalue weighted by Crippen LogP contribution is 2.48. The lowest BCUT2D eigenvalue weighted by Crippen LogP contribution is -2.32. The number of carboxylic acid groups (broad SMARTS) is 1. The number of aromatic carboxylic acids is 1. The fraction of sp³-hybridized carbons (Fsp3) is 0.267. The molecular formula is C30H25F3N2O5S. The van der Waals surface area contributed by atoms with Gasteiger partial charge >= 0.3 is 12.3 Å². The van der Waals surface area contributed by atoms with Gasteiger partial charge in [0.1, 0.15) is 11.6 Å². The predicted octanol–water partition coefficient (Wildman–Crippen LogP) is 6.98. The minimum Gasteiger partial charge on any atom is -0.478 e. The number of halogens is 3. The van der Waals surface area contributed by atoms with Crippen molar-refractivity contribution in [3.63, 3.8) is 0 Å². The topological polar surface area (TPSA) is 96.8 Å². The fourth-order valence-electron chi connectivity index (χ4n) is 5.14. The molecule has 0 saturated heterocycles. The van der Waals surface area contributed by atoms with E-state index in [-0.39, 0.29) is 34.7 Å². The highest BCUT2D eigenvalue weighted by Gasteiger charge is 2.37. The molecule has 1 heterocycles. The van der Waals surface area contributed by atoms with E-state index in [0.29, 0.717) is 11.1 Å². The van der Waals surface area contributed by atoms with Crippen molar-refractivity contribution in [3.8, 4) is 5.75 Å². The number of hydrogen-bond acceptors (Lipinski definition) is 5. The number of rotatable bonds is 9. The average Bonchev–Trinajstić information content (AvgIpc) is 3.85.